The average Bonchev–Trinajstić information content (AvgIpc) is 3.39. The molecular formula is C18H21NO2. The number of hydrogen-bond acceptors (Lipinski definition) is 3. The van der Waals surface area contributed by atoms with E-state index in [-0.39, 0.29) is 6.61 Å². The Hall–Kier alpha value is -1.45. The summed E-state index contributed by atoms with van der Waals surface area (Å²) >= 11 is 0. The summed E-state index contributed by atoms with van der Waals surface area (Å²) < 4.78 is 5.46. The van der Waals surface area contributed by atoms with Crippen molar-refractivity contribution in [3.8, 4) is 0 Å². The molecule has 3 heteroatoms. The SMILES string of the molecule is OCc1cc(C2CC2)c2nc(C3CCOCC3)ccc2c1. The fourth-order valence-corrected chi connectivity index (χ4v) is 3.36. The summed E-state index contributed by atoms with van der Waals surface area (Å²) in [4.78, 5) is 5.00. The fourth-order valence-electron chi connectivity index (χ4n) is 3.36. The van der Waals surface area contributed by atoms with Crippen molar-refractivity contribution < 1.29 is 9.84 Å². The summed E-state index contributed by atoms with van der Waals surface area (Å²) in [7, 11) is 0. The van der Waals surface area contributed by atoms with E-state index in [1.807, 2.05) is 0 Å². The molecule has 1 saturated carbocycles. The van der Waals surface area contributed by atoms with Crippen LogP contribution < -0.4 is 0 Å². The van der Waals surface area contributed by atoms with Crippen LogP contribution >= 0.6 is 0 Å². The van der Waals surface area contributed by atoms with Gasteiger partial charge in [-0.05, 0) is 54.9 Å². The Labute approximate surface area is 125 Å². The van der Waals surface area contributed by atoms with Crippen LogP contribution in [0.25, 0.3) is 10.9 Å². The zero-order chi connectivity index (χ0) is 14.2. The molecule has 1 saturated heterocycles. The third-order valence-corrected chi connectivity index (χ3v) is 4.74. The quantitative estimate of drug-likeness (QED) is 0.937. The lowest BCUT2D eigenvalue weighted by molar-refractivity contribution is 0.0845. The van der Waals surface area contributed by atoms with E-state index in [0.29, 0.717) is 11.8 Å². The first-order chi connectivity index (χ1) is 10.3. The molecule has 2 fully saturated rings. The Morgan fingerprint density at radius 1 is 1.05 bits per heavy atom. The van der Waals surface area contributed by atoms with Gasteiger partial charge in [0.15, 0.2) is 0 Å². The third kappa shape index (κ3) is 2.56. The molecule has 3 nitrogen and oxygen atoms in total. The van der Waals surface area contributed by atoms with Gasteiger partial charge in [-0.1, -0.05) is 12.1 Å². The van der Waals surface area contributed by atoms with Crippen molar-refractivity contribution in [1.29, 1.82) is 0 Å². The molecule has 0 amide bonds. The molecule has 1 aromatic heterocycles. The lowest BCUT2D eigenvalue weighted by Crippen LogP contribution is -2.15. The predicted molar refractivity (Wildman–Crippen MR) is 82.4 cm³/mol. The van der Waals surface area contributed by atoms with Gasteiger partial charge >= 0.3 is 0 Å². The lowest BCUT2D eigenvalue weighted by Gasteiger charge is -2.22. The van der Waals surface area contributed by atoms with Gasteiger partial charge in [0.25, 0.3) is 0 Å². The second-order valence-corrected chi connectivity index (χ2v) is 6.31. The standard InChI is InChI=1S/C18H21NO2/c20-11-12-9-15-3-4-17(14-5-7-21-8-6-14)19-18(15)16(10-12)13-1-2-13/h3-4,9-10,13-14,20H,1-2,5-8,11H2. The summed E-state index contributed by atoms with van der Waals surface area (Å²) in [5.74, 6) is 1.18. The second-order valence-electron chi connectivity index (χ2n) is 6.31. The summed E-state index contributed by atoms with van der Waals surface area (Å²) in [5, 5.41) is 10.6. The molecule has 1 aliphatic heterocycles. The molecule has 4 rings (SSSR count). The zero-order valence-corrected chi connectivity index (χ0v) is 12.2. The number of aliphatic hydroxyl groups is 1. The minimum Gasteiger partial charge on any atom is -0.392 e. The van der Waals surface area contributed by atoms with Crippen molar-refractivity contribution in [3.05, 3.63) is 41.1 Å². The van der Waals surface area contributed by atoms with E-state index in [1.165, 1.54) is 29.5 Å². The largest absolute Gasteiger partial charge is 0.392 e. The molecule has 0 bridgehead atoms. The van der Waals surface area contributed by atoms with Crippen LogP contribution in [-0.4, -0.2) is 23.3 Å². The third-order valence-electron chi connectivity index (χ3n) is 4.74. The Kier molecular flexibility index (Phi) is 3.40. The number of hydrogen-bond donors (Lipinski definition) is 1. The smallest absolute Gasteiger partial charge is 0.0740 e. The molecule has 2 aliphatic rings. The van der Waals surface area contributed by atoms with E-state index in [4.69, 9.17) is 9.72 Å². The van der Waals surface area contributed by atoms with Gasteiger partial charge in [0, 0.05) is 30.2 Å². The number of rotatable bonds is 3. The normalized spacial score (nSPS) is 20.0. The first-order valence-corrected chi connectivity index (χ1v) is 7.97. The summed E-state index contributed by atoms with van der Waals surface area (Å²) in [6.07, 6.45) is 4.66. The Balaban J connectivity index is 1.80. The molecule has 0 radical (unpaired) electrons. The van der Waals surface area contributed by atoms with E-state index in [1.54, 1.807) is 0 Å². The molecular weight excluding hydrogens is 262 g/mol. The van der Waals surface area contributed by atoms with E-state index in [0.717, 1.165) is 37.1 Å². The van der Waals surface area contributed by atoms with E-state index in [9.17, 15) is 5.11 Å². The summed E-state index contributed by atoms with van der Waals surface area (Å²) in [5.41, 5.74) is 4.71. The molecule has 0 unspecified atom stereocenters. The molecule has 2 aromatic rings. The first kappa shape index (κ1) is 13.2. The molecule has 1 aliphatic carbocycles. The Morgan fingerprint density at radius 2 is 1.86 bits per heavy atom. The summed E-state index contributed by atoms with van der Waals surface area (Å²) in [6, 6.07) is 8.57. The van der Waals surface area contributed by atoms with E-state index < -0.39 is 0 Å². The number of nitrogens with zero attached hydrogens (tertiary/aromatic N) is 1. The van der Waals surface area contributed by atoms with Crippen LogP contribution in [0.2, 0.25) is 0 Å². The molecule has 110 valence electrons. The highest BCUT2D eigenvalue weighted by atomic mass is 16.5. The van der Waals surface area contributed by atoms with Crippen LogP contribution in [-0.2, 0) is 11.3 Å². The zero-order valence-electron chi connectivity index (χ0n) is 12.2. The second kappa shape index (κ2) is 5.39. The maximum Gasteiger partial charge on any atom is 0.0740 e. The van der Waals surface area contributed by atoms with Gasteiger partial charge in [0.2, 0.25) is 0 Å². The number of aromatic nitrogens is 1. The predicted octanol–water partition coefficient (Wildman–Crippen LogP) is 3.50. The average molecular weight is 283 g/mol. The van der Waals surface area contributed by atoms with Gasteiger partial charge in [0.1, 0.15) is 0 Å². The van der Waals surface area contributed by atoms with Crippen LogP contribution in [0.15, 0.2) is 24.3 Å². The van der Waals surface area contributed by atoms with E-state index >= 15 is 0 Å². The van der Waals surface area contributed by atoms with Gasteiger partial charge in [-0.25, -0.2) is 0 Å². The Morgan fingerprint density at radius 3 is 2.57 bits per heavy atom. The topological polar surface area (TPSA) is 42.4 Å². The minimum atomic E-state index is 0.109. The van der Waals surface area contributed by atoms with Crippen molar-refractivity contribution in [2.45, 2.75) is 44.1 Å². The number of pyridine rings is 1. The molecule has 2 heterocycles. The van der Waals surface area contributed by atoms with Gasteiger partial charge < -0.3 is 9.84 Å². The highest BCUT2D eigenvalue weighted by Gasteiger charge is 2.27. The van der Waals surface area contributed by atoms with Gasteiger partial charge in [-0.15, -0.1) is 0 Å². The van der Waals surface area contributed by atoms with Gasteiger partial charge in [-0.3, -0.25) is 4.98 Å². The molecule has 1 N–H and O–H groups in total. The number of ether oxygens (including phenoxy) is 1. The van der Waals surface area contributed by atoms with Gasteiger partial charge in [-0.2, -0.15) is 0 Å². The molecule has 0 atom stereocenters. The Bertz CT molecular complexity index is 658. The maximum absolute atomic E-state index is 9.45. The molecule has 21 heavy (non-hydrogen) atoms. The van der Waals surface area contributed by atoms with Crippen molar-refractivity contribution >= 4 is 10.9 Å². The molecule has 1 aromatic carbocycles. The first-order valence-electron chi connectivity index (χ1n) is 7.97. The van der Waals surface area contributed by atoms with E-state index in [2.05, 4.69) is 24.3 Å². The molecule has 0 spiro atoms. The van der Waals surface area contributed by atoms with Crippen molar-refractivity contribution in [1.82, 2.24) is 4.98 Å². The van der Waals surface area contributed by atoms with Crippen LogP contribution in [0.3, 0.4) is 0 Å². The highest BCUT2D eigenvalue weighted by Crippen LogP contribution is 2.43. The minimum absolute atomic E-state index is 0.109. The van der Waals surface area contributed by atoms with Crippen molar-refractivity contribution in [3.63, 3.8) is 0 Å². The maximum atomic E-state index is 9.45. The fraction of sp³-hybridized carbons (Fsp3) is 0.500. The van der Waals surface area contributed by atoms with Crippen LogP contribution in [0, 0.1) is 0 Å². The van der Waals surface area contributed by atoms with Crippen molar-refractivity contribution in [2.24, 2.45) is 0 Å². The van der Waals surface area contributed by atoms with Crippen LogP contribution in [0.4, 0.5) is 0 Å². The summed E-state index contributed by atoms with van der Waals surface area (Å²) in [6.45, 7) is 1.81. The monoisotopic (exact) mass is 283 g/mol. The van der Waals surface area contributed by atoms with Crippen molar-refractivity contribution in [2.75, 3.05) is 13.2 Å². The number of aliphatic hydroxyl groups excluding tert-OH is 1. The van der Waals surface area contributed by atoms with Crippen LogP contribution in [0.5, 0.6) is 0 Å². The lowest BCUT2D eigenvalue weighted by atomic mass is 9.94. The number of fused-ring (bicyclic) bond motifs is 1. The van der Waals surface area contributed by atoms with Crippen LogP contribution in [0.1, 0.15) is 54.3 Å². The number of benzene rings is 1. The highest BCUT2D eigenvalue weighted by molar-refractivity contribution is 5.84. The van der Waals surface area contributed by atoms with Gasteiger partial charge in [0.05, 0.1) is 12.1 Å².